The predicted octanol–water partition coefficient (Wildman–Crippen LogP) is 2.32. The van der Waals surface area contributed by atoms with Gasteiger partial charge in [0.25, 0.3) is 0 Å². The molecule has 0 aliphatic heterocycles. The Hall–Kier alpha value is -0.590. The molecule has 0 heterocycles. The standard InChI is InChI=1S/C11H14O/c12-9-3-4-10-7-1-2-8(5-7)11(10)6-9/h4,7-8,11H,1-3,5-6H2. The van der Waals surface area contributed by atoms with E-state index in [0.717, 1.165) is 24.7 Å². The van der Waals surface area contributed by atoms with Gasteiger partial charge in [-0.1, -0.05) is 11.6 Å². The summed E-state index contributed by atoms with van der Waals surface area (Å²) in [4.78, 5) is 11.2. The molecule has 3 aliphatic carbocycles. The van der Waals surface area contributed by atoms with Crippen LogP contribution in [0.5, 0.6) is 0 Å². The minimum atomic E-state index is 0.469. The smallest absolute Gasteiger partial charge is 0.137 e. The van der Waals surface area contributed by atoms with Crippen molar-refractivity contribution in [2.24, 2.45) is 17.8 Å². The summed E-state index contributed by atoms with van der Waals surface area (Å²) in [5, 5.41) is 0. The lowest BCUT2D eigenvalue weighted by atomic mass is 9.77. The van der Waals surface area contributed by atoms with Gasteiger partial charge in [0.05, 0.1) is 0 Å². The number of hydrogen-bond donors (Lipinski definition) is 0. The van der Waals surface area contributed by atoms with Crippen LogP contribution in [0.1, 0.15) is 32.1 Å². The Balaban J connectivity index is 1.98. The van der Waals surface area contributed by atoms with E-state index in [0.29, 0.717) is 11.7 Å². The van der Waals surface area contributed by atoms with Gasteiger partial charge in [-0.25, -0.2) is 0 Å². The Kier molecular flexibility index (Phi) is 1.27. The molecule has 0 saturated heterocycles. The molecule has 3 aliphatic rings. The SMILES string of the molecule is O=C1CC=C2C3CCC(C3)C2C1. The molecular weight excluding hydrogens is 148 g/mol. The average Bonchev–Trinajstić information content (AvgIpc) is 2.63. The lowest BCUT2D eigenvalue weighted by Crippen LogP contribution is -2.21. The minimum Gasteiger partial charge on any atom is -0.299 e. The number of Topliss-reactive ketones (excluding diaryl/α,β-unsaturated/α-hetero) is 1. The van der Waals surface area contributed by atoms with Crippen molar-refractivity contribution >= 4 is 5.78 Å². The largest absolute Gasteiger partial charge is 0.299 e. The molecular formula is C11H14O. The lowest BCUT2D eigenvalue weighted by Gasteiger charge is -2.27. The summed E-state index contributed by atoms with van der Waals surface area (Å²) >= 11 is 0. The highest BCUT2D eigenvalue weighted by molar-refractivity contribution is 5.82. The van der Waals surface area contributed by atoms with E-state index in [1.807, 2.05) is 0 Å². The fraction of sp³-hybridized carbons (Fsp3) is 0.727. The zero-order valence-electron chi connectivity index (χ0n) is 7.25. The topological polar surface area (TPSA) is 17.1 Å². The Morgan fingerprint density at radius 3 is 3.17 bits per heavy atom. The van der Waals surface area contributed by atoms with Gasteiger partial charge in [0.15, 0.2) is 0 Å². The highest BCUT2D eigenvalue weighted by Gasteiger charge is 2.44. The summed E-state index contributed by atoms with van der Waals surface area (Å²) in [5.74, 6) is 2.92. The van der Waals surface area contributed by atoms with Crippen LogP contribution in [-0.2, 0) is 4.79 Å². The van der Waals surface area contributed by atoms with Gasteiger partial charge in [-0.15, -0.1) is 0 Å². The Labute approximate surface area is 72.8 Å². The fourth-order valence-corrected chi connectivity index (χ4v) is 3.42. The molecule has 0 N–H and O–H groups in total. The molecule has 0 aromatic rings. The molecule has 3 atom stereocenters. The summed E-state index contributed by atoms with van der Waals surface area (Å²) in [6, 6.07) is 0. The van der Waals surface area contributed by atoms with Crippen LogP contribution < -0.4 is 0 Å². The van der Waals surface area contributed by atoms with Crippen LogP contribution in [0.15, 0.2) is 11.6 Å². The normalized spacial score (nSPS) is 44.5. The van der Waals surface area contributed by atoms with E-state index < -0.39 is 0 Å². The zero-order valence-corrected chi connectivity index (χ0v) is 7.25. The van der Waals surface area contributed by atoms with Crippen LogP contribution in [0.25, 0.3) is 0 Å². The van der Waals surface area contributed by atoms with E-state index >= 15 is 0 Å². The van der Waals surface area contributed by atoms with Gasteiger partial charge >= 0.3 is 0 Å². The van der Waals surface area contributed by atoms with Crippen molar-refractivity contribution in [3.05, 3.63) is 11.6 Å². The van der Waals surface area contributed by atoms with Crippen molar-refractivity contribution in [1.29, 1.82) is 0 Å². The molecule has 2 fully saturated rings. The van der Waals surface area contributed by atoms with Crippen molar-refractivity contribution in [3.8, 4) is 0 Å². The van der Waals surface area contributed by atoms with Gasteiger partial charge in [-0.3, -0.25) is 4.79 Å². The zero-order chi connectivity index (χ0) is 8.13. The molecule has 64 valence electrons. The van der Waals surface area contributed by atoms with E-state index in [-0.39, 0.29) is 0 Å². The summed E-state index contributed by atoms with van der Waals surface area (Å²) in [6.07, 6.45) is 8.02. The second-order valence-electron chi connectivity index (χ2n) is 4.53. The molecule has 0 amide bonds. The third-order valence-corrected chi connectivity index (χ3v) is 3.95. The predicted molar refractivity (Wildman–Crippen MR) is 46.6 cm³/mol. The number of carbonyl (C=O) groups is 1. The molecule has 2 saturated carbocycles. The van der Waals surface area contributed by atoms with Crippen molar-refractivity contribution in [1.82, 2.24) is 0 Å². The molecule has 12 heavy (non-hydrogen) atoms. The first kappa shape index (κ1) is 6.88. The summed E-state index contributed by atoms with van der Waals surface area (Å²) in [5.41, 5.74) is 1.66. The minimum absolute atomic E-state index is 0.469. The molecule has 3 unspecified atom stereocenters. The maximum atomic E-state index is 11.2. The number of fused-ring (bicyclic) bond motifs is 5. The van der Waals surface area contributed by atoms with Crippen molar-refractivity contribution in [3.63, 3.8) is 0 Å². The van der Waals surface area contributed by atoms with E-state index in [1.54, 1.807) is 5.57 Å². The Morgan fingerprint density at radius 1 is 1.33 bits per heavy atom. The second kappa shape index (κ2) is 2.21. The number of rotatable bonds is 0. The molecule has 0 radical (unpaired) electrons. The third-order valence-electron chi connectivity index (χ3n) is 3.95. The fourth-order valence-electron chi connectivity index (χ4n) is 3.42. The van der Waals surface area contributed by atoms with E-state index in [2.05, 4.69) is 6.08 Å². The average molecular weight is 162 g/mol. The van der Waals surface area contributed by atoms with Crippen molar-refractivity contribution in [2.75, 3.05) is 0 Å². The molecule has 0 spiro atoms. The Morgan fingerprint density at radius 2 is 2.25 bits per heavy atom. The molecule has 0 aromatic heterocycles. The van der Waals surface area contributed by atoms with E-state index in [9.17, 15) is 4.79 Å². The quantitative estimate of drug-likeness (QED) is 0.499. The van der Waals surface area contributed by atoms with E-state index in [1.165, 1.54) is 19.3 Å². The number of hydrogen-bond acceptors (Lipinski definition) is 1. The highest BCUT2D eigenvalue weighted by atomic mass is 16.1. The first-order chi connectivity index (χ1) is 5.84. The lowest BCUT2D eigenvalue weighted by molar-refractivity contribution is -0.119. The van der Waals surface area contributed by atoms with Gasteiger partial charge in [0.2, 0.25) is 0 Å². The van der Waals surface area contributed by atoms with Gasteiger partial charge < -0.3 is 0 Å². The number of allylic oxidation sites excluding steroid dienone is 2. The van der Waals surface area contributed by atoms with Crippen LogP contribution in [0.4, 0.5) is 0 Å². The second-order valence-corrected chi connectivity index (χ2v) is 4.53. The Bertz CT molecular complexity index is 264. The maximum Gasteiger partial charge on any atom is 0.137 e. The molecule has 1 heteroatoms. The first-order valence-electron chi connectivity index (χ1n) is 5.06. The third kappa shape index (κ3) is 0.769. The van der Waals surface area contributed by atoms with Gasteiger partial charge in [-0.2, -0.15) is 0 Å². The van der Waals surface area contributed by atoms with Crippen LogP contribution in [-0.4, -0.2) is 5.78 Å². The maximum absolute atomic E-state index is 11.2. The molecule has 2 bridgehead atoms. The van der Waals surface area contributed by atoms with Crippen molar-refractivity contribution in [2.45, 2.75) is 32.1 Å². The van der Waals surface area contributed by atoms with Gasteiger partial charge in [0.1, 0.15) is 5.78 Å². The monoisotopic (exact) mass is 162 g/mol. The molecule has 1 nitrogen and oxygen atoms in total. The summed E-state index contributed by atoms with van der Waals surface area (Å²) in [7, 11) is 0. The van der Waals surface area contributed by atoms with Crippen LogP contribution in [0.3, 0.4) is 0 Å². The first-order valence-corrected chi connectivity index (χ1v) is 5.06. The summed E-state index contributed by atoms with van der Waals surface area (Å²) in [6.45, 7) is 0. The van der Waals surface area contributed by atoms with Gasteiger partial charge in [-0.05, 0) is 37.0 Å². The molecule has 3 rings (SSSR count). The van der Waals surface area contributed by atoms with Crippen LogP contribution >= 0.6 is 0 Å². The van der Waals surface area contributed by atoms with Crippen molar-refractivity contribution < 1.29 is 4.79 Å². The number of carbonyl (C=O) groups excluding carboxylic acids is 1. The highest BCUT2D eigenvalue weighted by Crippen LogP contribution is 2.54. The van der Waals surface area contributed by atoms with Crippen LogP contribution in [0.2, 0.25) is 0 Å². The van der Waals surface area contributed by atoms with E-state index in [4.69, 9.17) is 0 Å². The summed E-state index contributed by atoms with van der Waals surface area (Å²) < 4.78 is 0. The number of ketones is 1. The van der Waals surface area contributed by atoms with Crippen LogP contribution in [0, 0.1) is 17.8 Å². The van der Waals surface area contributed by atoms with Gasteiger partial charge in [0, 0.05) is 12.8 Å². The molecule has 0 aromatic carbocycles.